The van der Waals surface area contributed by atoms with Gasteiger partial charge in [0.25, 0.3) is 0 Å². The Morgan fingerprint density at radius 1 is 1.33 bits per heavy atom. The van der Waals surface area contributed by atoms with Gasteiger partial charge in [0.05, 0.1) is 0 Å². The molecule has 5 nitrogen and oxygen atoms in total. The number of hydrogen-bond donors (Lipinski definition) is 1. The molecule has 0 aliphatic carbocycles. The van der Waals surface area contributed by atoms with Crippen molar-refractivity contribution in [2.45, 2.75) is 13.0 Å². The van der Waals surface area contributed by atoms with Gasteiger partial charge in [-0.15, -0.1) is 0 Å². The third-order valence-corrected chi connectivity index (χ3v) is 4.04. The van der Waals surface area contributed by atoms with Crippen LogP contribution in [0.1, 0.15) is 18.8 Å². The summed E-state index contributed by atoms with van der Waals surface area (Å²) in [4.78, 5) is 4.36. The number of benzene rings is 1. The predicted octanol–water partition coefficient (Wildman–Crippen LogP) is 1.59. The van der Waals surface area contributed by atoms with E-state index in [2.05, 4.69) is 25.2 Å². The molecule has 2 aromatic heterocycles. The molecule has 1 unspecified atom stereocenters. The monoisotopic (exact) mass is 307 g/mol. The summed E-state index contributed by atoms with van der Waals surface area (Å²) >= 11 is 0.00653. The number of aryl methyl sites for hydroxylation is 1. The van der Waals surface area contributed by atoms with Crippen LogP contribution in [-0.2, 0) is 7.05 Å². The number of imidazole rings is 1. The second-order valence-corrected chi connectivity index (χ2v) is 5.31. The summed E-state index contributed by atoms with van der Waals surface area (Å²) in [5, 5.41) is 3.46. The van der Waals surface area contributed by atoms with Gasteiger partial charge in [-0.1, -0.05) is 0 Å². The molecule has 0 aliphatic rings. The van der Waals surface area contributed by atoms with E-state index < -0.39 is 0 Å². The van der Waals surface area contributed by atoms with E-state index in [1.807, 2.05) is 42.2 Å². The van der Waals surface area contributed by atoms with E-state index in [1.165, 1.54) is 0 Å². The van der Waals surface area contributed by atoms with Crippen LogP contribution in [0.3, 0.4) is 0 Å². The van der Waals surface area contributed by atoms with Crippen molar-refractivity contribution in [3.05, 3.63) is 36.4 Å². The Hall–Kier alpha value is -1.65. The first-order chi connectivity index (χ1) is 8.75. The number of nitrogens with one attached hydrogen (secondary N) is 1. The molecule has 0 radical (unpaired) electrons. The van der Waals surface area contributed by atoms with Gasteiger partial charge < -0.3 is 0 Å². The number of nitrogens with zero attached hydrogens (tertiary/aromatic N) is 4. The van der Waals surface area contributed by atoms with E-state index in [0.29, 0.717) is 0 Å². The first-order valence-corrected chi connectivity index (χ1v) is 7.24. The quantitative estimate of drug-likeness (QED) is 0.747. The molecule has 0 spiro atoms. The molecule has 0 amide bonds. The molecular weight excluding hydrogens is 293 g/mol. The zero-order valence-electron chi connectivity index (χ0n) is 10.2. The zero-order chi connectivity index (χ0) is 12.5. The first-order valence-electron chi connectivity index (χ1n) is 5.71. The van der Waals surface area contributed by atoms with Crippen molar-refractivity contribution >= 4 is 31.7 Å². The molecule has 0 aliphatic heterocycles. The van der Waals surface area contributed by atoms with E-state index >= 15 is 0 Å². The third kappa shape index (κ3) is 1.94. The van der Waals surface area contributed by atoms with Gasteiger partial charge in [0, 0.05) is 0 Å². The number of hydrogen-bond acceptors (Lipinski definition) is 4. The number of aromatic nitrogens is 4. The second-order valence-electron chi connectivity index (χ2n) is 4.20. The predicted molar refractivity (Wildman–Crippen MR) is 71.7 cm³/mol. The summed E-state index contributed by atoms with van der Waals surface area (Å²) in [6.07, 6.45) is 3.76. The Morgan fingerprint density at radius 2 is 2.22 bits per heavy atom. The maximum atomic E-state index is 4.46. The Morgan fingerprint density at radius 3 is 3.00 bits per heavy atom. The Balaban J connectivity index is 1.93. The summed E-state index contributed by atoms with van der Waals surface area (Å²) in [6, 6.07) is 6.19. The van der Waals surface area contributed by atoms with Crippen molar-refractivity contribution in [3.8, 4) is 0 Å². The average Bonchev–Trinajstić information content (AvgIpc) is 2.97. The van der Waals surface area contributed by atoms with Crippen molar-refractivity contribution in [2.75, 3.05) is 5.32 Å². The third-order valence-electron chi connectivity index (χ3n) is 2.90. The summed E-state index contributed by atoms with van der Waals surface area (Å²) in [5.41, 5.74) is 3.01. The Labute approximate surface area is 111 Å². The van der Waals surface area contributed by atoms with Crippen molar-refractivity contribution in [1.82, 2.24) is 17.5 Å². The average molecular weight is 306 g/mol. The molecule has 0 saturated carbocycles. The number of rotatable bonds is 3. The molecule has 1 atom stereocenters. The van der Waals surface area contributed by atoms with Gasteiger partial charge in [-0.25, -0.2) is 0 Å². The van der Waals surface area contributed by atoms with Gasteiger partial charge in [0.1, 0.15) is 0 Å². The fourth-order valence-electron chi connectivity index (χ4n) is 2.01. The van der Waals surface area contributed by atoms with Crippen LogP contribution in [0.25, 0.3) is 11.0 Å². The van der Waals surface area contributed by atoms with Gasteiger partial charge in [0.2, 0.25) is 0 Å². The van der Waals surface area contributed by atoms with E-state index in [-0.39, 0.29) is 21.0 Å². The summed E-state index contributed by atoms with van der Waals surface area (Å²) < 4.78 is 10.9. The van der Waals surface area contributed by atoms with Gasteiger partial charge in [0.15, 0.2) is 0 Å². The fourth-order valence-corrected chi connectivity index (χ4v) is 3.17. The summed E-state index contributed by atoms with van der Waals surface area (Å²) in [6.45, 7) is 2.10. The van der Waals surface area contributed by atoms with Crippen LogP contribution in [0.15, 0.2) is 30.6 Å². The van der Waals surface area contributed by atoms with Crippen LogP contribution < -0.4 is 5.32 Å². The molecule has 92 valence electrons. The molecule has 18 heavy (non-hydrogen) atoms. The van der Waals surface area contributed by atoms with Gasteiger partial charge in [-0.2, -0.15) is 0 Å². The van der Waals surface area contributed by atoms with Crippen molar-refractivity contribution < 1.29 is 0 Å². The standard InChI is InChI=1S/C12H13N5Se/c1-8(12-13-6-7-17(12)2)14-9-4-3-5-10-11(9)16-18-15-10/h3-8,14H,1-2H3. The molecular formula is C12H13N5Se. The molecule has 2 heterocycles. The van der Waals surface area contributed by atoms with Crippen LogP contribution >= 0.6 is 0 Å². The van der Waals surface area contributed by atoms with Crippen molar-refractivity contribution in [2.24, 2.45) is 7.05 Å². The molecule has 1 aromatic carbocycles. The van der Waals surface area contributed by atoms with E-state index in [1.54, 1.807) is 0 Å². The molecule has 3 rings (SSSR count). The molecule has 3 aromatic rings. The van der Waals surface area contributed by atoms with Crippen LogP contribution in [0.5, 0.6) is 0 Å². The number of anilines is 1. The molecule has 1 N–H and O–H groups in total. The molecule has 0 bridgehead atoms. The van der Waals surface area contributed by atoms with Crippen LogP contribution in [0.2, 0.25) is 0 Å². The normalized spacial score (nSPS) is 12.8. The first kappa shape index (κ1) is 11.4. The van der Waals surface area contributed by atoms with Gasteiger partial charge >= 0.3 is 111 Å². The van der Waals surface area contributed by atoms with Crippen molar-refractivity contribution in [1.29, 1.82) is 0 Å². The van der Waals surface area contributed by atoms with E-state index in [0.717, 1.165) is 22.5 Å². The molecule has 0 fully saturated rings. The van der Waals surface area contributed by atoms with E-state index in [4.69, 9.17) is 0 Å². The topological polar surface area (TPSA) is 55.6 Å². The summed E-state index contributed by atoms with van der Waals surface area (Å²) in [5.74, 6) is 1.01. The number of fused-ring (bicyclic) bond motifs is 1. The summed E-state index contributed by atoms with van der Waals surface area (Å²) in [7, 11) is 2.00. The second kappa shape index (κ2) is 4.55. The van der Waals surface area contributed by atoms with Crippen LogP contribution in [0, 0.1) is 0 Å². The maximum absolute atomic E-state index is 4.46. The SMILES string of the molecule is CC(Nc1cccc2n[se]nc12)c1nccn1C. The fraction of sp³-hybridized carbons (Fsp3) is 0.250. The molecule has 6 heteroatoms. The van der Waals surface area contributed by atoms with Gasteiger partial charge in [-0.05, 0) is 0 Å². The van der Waals surface area contributed by atoms with Gasteiger partial charge in [-0.3, -0.25) is 0 Å². The minimum atomic E-state index is 0.00653. The van der Waals surface area contributed by atoms with Crippen LogP contribution in [-0.4, -0.2) is 32.5 Å². The Bertz CT molecular complexity index is 672. The Kier molecular flexibility index (Phi) is 2.89. The van der Waals surface area contributed by atoms with Crippen LogP contribution in [0.4, 0.5) is 5.69 Å². The molecule has 0 saturated heterocycles. The van der Waals surface area contributed by atoms with E-state index in [9.17, 15) is 0 Å². The minimum absolute atomic E-state index is 0.00653. The van der Waals surface area contributed by atoms with Crippen molar-refractivity contribution in [3.63, 3.8) is 0 Å². The zero-order valence-corrected chi connectivity index (χ0v) is 11.9.